The van der Waals surface area contributed by atoms with E-state index in [1.54, 1.807) is 13.8 Å². The number of hydrogen-bond donors (Lipinski definition) is 5. The fourth-order valence-electron chi connectivity index (χ4n) is 5.30. The van der Waals surface area contributed by atoms with Gasteiger partial charge in [-0.15, -0.1) is 0 Å². The monoisotopic (exact) mass is 655 g/mol. The van der Waals surface area contributed by atoms with Gasteiger partial charge in [0.15, 0.2) is 17.5 Å². The number of nitrogens with one attached hydrogen (secondary N) is 1. The first-order valence-electron chi connectivity index (χ1n) is 14.4. The Morgan fingerprint density at radius 2 is 1.70 bits per heavy atom. The van der Waals surface area contributed by atoms with Gasteiger partial charge in [-0.25, -0.2) is 14.4 Å². The fraction of sp³-hybridized carbons (Fsp3) is 0.375. The molecule has 1 fully saturated rings. The van der Waals surface area contributed by atoms with Crippen LogP contribution in [0.25, 0.3) is 11.0 Å². The van der Waals surface area contributed by atoms with Gasteiger partial charge in [-0.05, 0) is 76.9 Å². The molecule has 4 rings (SSSR count). The molecule has 0 saturated carbocycles. The number of primary amides is 2. The number of phenols is 1. The Bertz CT molecular complexity index is 1790. The molecule has 15 nitrogen and oxygen atoms in total. The van der Waals surface area contributed by atoms with E-state index in [0.29, 0.717) is 12.0 Å². The van der Waals surface area contributed by atoms with Crippen molar-refractivity contribution in [2.45, 2.75) is 71.2 Å². The lowest BCUT2D eigenvalue weighted by Gasteiger charge is -2.48. The van der Waals surface area contributed by atoms with Crippen LogP contribution in [0.1, 0.15) is 49.2 Å². The first kappa shape index (κ1) is 34.6. The molecular weight excluding hydrogens is 618 g/mol. The molecule has 1 saturated heterocycles. The summed E-state index contributed by atoms with van der Waals surface area (Å²) in [5, 5.41) is 23.7. The van der Waals surface area contributed by atoms with Crippen molar-refractivity contribution in [2.24, 2.45) is 11.5 Å². The summed E-state index contributed by atoms with van der Waals surface area (Å²) < 4.78 is 33.5. The summed E-state index contributed by atoms with van der Waals surface area (Å²) in [6.07, 6.45) is -5.29. The third kappa shape index (κ3) is 7.42. The first-order chi connectivity index (χ1) is 22.0. The van der Waals surface area contributed by atoms with Gasteiger partial charge in [0.1, 0.15) is 23.2 Å². The minimum atomic E-state index is -1.45. The third-order valence-electron chi connectivity index (χ3n) is 7.55. The van der Waals surface area contributed by atoms with Crippen molar-refractivity contribution in [3.05, 3.63) is 69.1 Å². The summed E-state index contributed by atoms with van der Waals surface area (Å²) in [5.74, 6) is -1.21. The zero-order valence-electron chi connectivity index (χ0n) is 26.6. The number of rotatable bonds is 9. The Labute approximate surface area is 269 Å². The second kappa shape index (κ2) is 13.6. The van der Waals surface area contributed by atoms with Crippen LogP contribution in [0.4, 0.5) is 15.3 Å². The highest BCUT2D eigenvalue weighted by molar-refractivity contribution is 6.06. The summed E-state index contributed by atoms with van der Waals surface area (Å²) in [6, 6.07) is 7.02. The molecule has 0 radical (unpaired) electrons. The van der Waals surface area contributed by atoms with E-state index in [9.17, 15) is 29.4 Å². The number of aromatic hydroxyl groups is 2. The Kier molecular flexibility index (Phi) is 10.0. The number of methoxy groups -OCH3 is 1. The number of fused-ring (bicyclic) bond motifs is 1. The van der Waals surface area contributed by atoms with Crippen molar-refractivity contribution in [1.29, 1.82) is 0 Å². The average Bonchev–Trinajstić information content (AvgIpc) is 2.97. The van der Waals surface area contributed by atoms with Crippen LogP contribution < -0.4 is 27.1 Å². The number of allylic oxidation sites excluding steroid dienone is 2. The van der Waals surface area contributed by atoms with Gasteiger partial charge in [0.05, 0.1) is 11.0 Å². The van der Waals surface area contributed by atoms with E-state index >= 15 is 0 Å². The second-order valence-electron chi connectivity index (χ2n) is 11.6. The third-order valence-corrected chi connectivity index (χ3v) is 7.55. The van der Waals surface area contributed by atoms with Crippen LogP contribution in [-0.2, 0) is 25.4 Å². The molecule has 0 aliphatic carbocycles. The number of nitrogens with two attached hydrogens (primary N) is 2. The highest BCUT2D eigenvalue weighted by Crippen LogP contribution is 2.39. The number of aryl methyl sites for hydroxylation is 1. The van der Waals surface area contributed by atoms with Gasteiger partial charge in [-0.1, -0.05) is 11.6 Å². The molecule has 252 valence electrons. The van der Waals surface area contributed by atoms with E-state index in [1.807, 2.05) is 19.9 Å². The highest BCUT2D eigenvalue weighted by Gasteiger charge is 2.55. The fourth-order valence-corrected chi connectivity index (χ4v) is 5.30. The Balaban J connectivity index is 1.67. The number of ether oxygens (including phenoxy) is 5. The van der Waals surface area contributed by atoms with E-state index < -0.39 is 65.4 Å². The standard InChI is InChI=1S/C32H37N3O12/c1-14(2)7-8-16-13-17(9-11-19(16)36)27(38)35-21-22(37)18-10-12-20(15(3)23(18)44-28(21)39)43-29-25(46-31(34)41)24(45-30(33)40)26(42-6)32(4,5)47-29/h7,9-13,24-26,29,36-37H,8H2,1-6H3,(H2,33,40)(H2,34,41)(H,35,38)/t24-,25+,26+,29+/m0/s1. The maximum Gasteiger partial charge on any atom is 0.405 e. The second-order valence-corrected chi connectivity index (χ2v) is 11.6. The van der Waals surface area contributed by atoms with Crippen molar-refractivity contribution < 1.29 is 52.7 Å². The van der Waals surface area contributed by atoms with Gasteiger partial charge < -0.3 is 55.1 Å². The maximum absolute atomic E-state index is 13.1. The lowest BCUT2D eigenvalue weighted by atomic mass is 9.89. The summed E-state index contributed by atoms with van der Waals surface area (Å²) in [7, 11) is 1.34. The highest BCUT2D eigenvalue weighted by atomic mass is 16.7. The van der Waals surface area contributed by atoms with Crippen LogP contribution >= 0.6 is 0 Å². The lowest BCUT2D eigenvalue weighted by molar-refractivity contribution is -0.303. The molecule has 2 aromatic carbocycles. The van der Waals surface area contributed by atoms with Crippen LogP contribution in [0.15, 0.2) is 51.2 Å². The predicted molar refractivity (Wildman–Crippen MR) is 167 cm³/mol. The van der Waals surface area contributed by atoms with E-state index in [-0.39, 0.29) is 33.6 Å². The number of carbonyl (C=O) groups excluding carboxylic acids is 3. The summed E-state index contributed by atoms with van der Waals surface area (Å²) >= 11 is 0. The van der Waals surface area contributed by atoms with E-state index in [4.69, 9.17) is 39.6 Å². The normalized spacial score (nSPS) is 20.2. The van der Waals surface area contributed by atoms with Crippen molar-refractivity contribution in [1.82, 2.24) is 0 Å². The van der Waals surface area contributed by atoms with Crippen molar-refractivity contribution in [3.8, 4) is 17.2 Å². The molecule has 7 N–H and O–H groups in total. The molecule has 1 aliphatic heterocycles. The molecule has 47 heavy (non-hydrogen) atoms. The summed E-state index contributed by atoms with van der Waals surface area (Å²) in [4.78, 5) is 49.7. The topological polar surface area (TPSA) is 232 Å². The first-order valence-corrected chi connectivity index (χ1v) is 14.4. The lowest BCUT2D eigenvalue weighted by Crippen LogP contribution is -2.66. The number of phenolic OH excluding ortho intramolecular Hbond substituents is 1. The van der Waals surface area contributed by atoms with E-state index in [0.717, 1.165) is 5.57 Å². The molecule has 0 spiro atoms. The molecule has 1 aromatic heterocycles. The van der Waals surface area contributed by atoms with Gasteiger partial charge in [0, 0.05) is 18.2 Å². The van der Waals surface area contributed by atoms with Gasteiger partial charge in [0.2, 0.25) is 12.4 Å². The molecule has 4 atom stereocenters. The van der Waals surface area contributed by atoms with E-state index in [2.05, 4.69) is 5.32 Å². The van der Waals surface area contributed by atoms with Crippen LogP contribution in [0.5, 0.6) is 17.2 Å². The maximum atomic E-state index is 13.1. The SMILES string of the molecule is CO[C@@H]1[C@@H](OC(N)=O)[C@@H](OC(N)=O)[C@H](Oc2ccc3c(O)c(NC(=O)c4ccc(O)c(CC=C(C)C)c4)c(=O)oc3c2C)OC1(C)C. The molecular formula is C32H37N3O12. The molecule has 0 unspecified atom stereocenters. The zero-order valence-corrected chi connectivity index (χ0v) is 26.6. The molecule has 3 aromatic rings. The smallest absolute Gasteiger partial charge is 0.405 e. The predicted octanol–water partition coefficient (Wildman–Crippen LogP) is 3.73. The molecule has 1 aliphatic rings. The summed E-state index contributed by atoms with van der Waals surface area (Å²) in [6.45, 7) is 8.57. The zero-order chi connectivity index (χ0) is 34.8. The Hall–Kier alpha value is -5.28. The van der Waals surface area contributed by atoms with Gasteiger partial charge in [0.25, 0.3) is 5.91 Å². The van der Waals surface area contributed by atoms with Crippen molar-refractivity contribution >= 4 is 34.8 Å². The Morgan fingerprint density at radius 1 is 1.04 bits per heavy atom. The minimum Gasteiger partial charge on any atom is -0.508 e. The van der Waals surface area contributed by atoms with E-state index in [1.165, 1.54) is 44.4 Å². The van der Waals surface area contributed by atoms with Crippen LogP contribution in [0, 0.1) is 6.92 Å². The largest absolute Gasteiger partial charge is 0.508 e. The number of carbonyl (C=O) groups is 3. The quantitative estimate of drug-likeness (QED) is 0.164. The number of amides is 3. The van der Waals surface area contributed by atoms with Gasteiger partial charge in [-0.2, -0.15) is 0 Å². The molecule has 2 heterocycles. The van der Waals surface area contributed by atoms with Crippen LogP contribution in [-0.4, -0.2) is 65.6 Å². The van der Waals surface area contributed by atoms with Gasteiger partial charge >= 0.3 is 17.8 Å². The average molecular weight is 656 g/mol. The van der Waals surface area contributed by atoms with Gasteiger partial charge in [-0.3, -0.25) is 4.79 Å². The molecule has 3 amide bonds. The van der Waals surface area contributed by atoms with Crippen LogP contribution in [0.3, 0.4) is 0 Å². The number of hydrogen-bond acceptors (Lipinski definition) is 12. The van der Waals surface area contributed by atoms with Crippen LogP contribution in [0.2, 0.25) is 0 Å². The molecule has 15 heteroatoms. The molecule has 0 bridgehead atoms. The van der Waals surface area contributed by atoms with Crippen molar-refractivity contribution in [3.63, 3.8) is 0 Å². The Morgan fingerprint density at radius 3 is 2.32 bits per heavy atom. The number of anilines is 1. The number of benzene rings is 2. The van der Waals surface area contributed by atoms with Crippen molar-refractivity contribution in [2.75, 3.05) is 12.4 Å². The summed E-state index contributed by atoms with van der Waals surface area (Å²) in [5.41, 5.74) is 9.60. The minimum absolute atomic E-state index is 0.00439.